The summed E-state index contributed by atoms with van der Waals surface area (Å²) in [6.45, 7) is 6.30. The molecule has 5 nitrogen and oxygen atoms in total. The zero-order chi connectivity index (χ0) is 15.4. The molecule has 114 valence electrons. The Kier molecular flexibility index (Phi) is 5.56. The normalized spacial score (nSPS) is 12.4. The zero-order valence-electron chi connectivity index (χ0n) is 12.4. The molecular formula is C14H23NO4S. The van der Waals surface area contributed by atoms with Crippen molar-refractivity contribution in [2.75, 3.05) is 13.7 Å². The van der Waals surface area contributed by atoms with Crippen molar-refractivity contribution in [3.63, 3.8) is 0 Å². The molecule has 20 heavy (non-hydrogen) atoms. The molecule has 0 spiro atoms. The molecule has 0 bridgehead atoms. The lowest BCUT2D eigenvalue weighted by atomic mass is 9.93. The number of methoxy groups -OCH3 is 1. The highest BCUT2D eigenvalue weighted by Crippen LogP contribution is 2.25. The van der Waals surface area contributed by atoms with Crippen molar-refractivity contribution in [2.24, 2.45) is 5.41 Å². The van der Waals surface area contributed by atoms with E-state index in [1.807, 2.05) is 20.8 Å². The lowest BCUT2D eigenvalue weighted by molar-refractivity contribution is 0.281. The van der Waals surface area contributed by atoms with Gasteiger partial charge < -0.3 is 9.84 Å². The second-order valence-electron chi connectivity index (χ2n) is 5.85. The summed E-state index contributed by atoms with van der Waals surface area (Å²) < 4.78 is 32.2. The van der Waals surface area contributed by atoms with E-state index < -0.39 is 10.0 Å². The minimum Gasteiger partial charge on any atom is -0.495 e. The van der Waals surface area contributed by atoms with Gasteiger partial charge in [0.25, 0.3) is 0 Å². The summed E-state index contributed by atoms with van der Waals surface area (Å²) in [5.74, 6) is 0.269. The molecule has 0 saturated carbocycles. The Morgan fingerprint density at radius 1 is 1.30 bits per heavy atom. The third-order valence-electron chi connectivity index (χ3n) is 2.87. The highest BCUT2D eigenvalue weighted by atomic mass is 32.2. The van der Waals surface area contributed by atoms with Gasteiger partial charge in [0.15, 0.2) is 0 Å². The number of ether oxygens (including phenoxy) is 1. The predicted octanol–water partition coefficient (Wildman–Crippen LogP) is 1.90. The van der Waals surface area contributed by atoms with Crippen molar-refractivity contribution in [2.45, 2.75) is 38.7 Å². The van der Waals surface area contributed by atoms with Crippen LogP contribution < -0.4 is 9.46 Å². The van der Waals surface area contributed by atoms with Crippen LogP contribution in [0.5, 0.6) is 5.75 Å². The van der Waals surface area contributed by atoms with Crippen LogP contribution >= 0.6 is 0 Å². The topological polar surface area (TPSA) is 75.6 Å². The Labute approximate surface area is 121 Å². The van der Waals surface area contributed by atoms with Crippen LogP contribution in [-0.4, -0.2) is 27.2 Å². The lowest BCUT2D eigenvalue weighted by Crippen LogP contribution is -2.27. The average Bonchev–Trinajstić information content (AvgIpc) is 2.36. The maximum Gasteiger partial charge on any atom is 0.244 e. The van der Waals surface area contributed by atoms with Gasteiger partial charge in [0.05, 0.1) is 13.7 Å². The van der Waals surface area contributed by atoms with E-state index in [1.165, 1.54) is 13.2 Å². The number of rotatable bonds is 6. The van der Waals surface area contributed by atoms with Crippen molar-refractivity contribution >= 4 is 10.0 Å². The molecule has 1 aromatic carbocycles. The van der Waals surface area contributed by atoms with Crippen LogP contribution in [0.2, 0.25) is 0 Å². The Morgan fingerprint density at radius 2 is 1.95 bits per heavy atom. The third-order valence-corrected chi connectivity index (χ3v) is 4.35. The first kappa shape index (κ1) is 16.9. The molecule has 0 saturated heterocycles. The third kappa shape index (κ3) is 4.77. The van der Waals surface area contributed by atoms with Gasteiger partial charge in [0.2, 0.25) is 10.0 Å². The number of sulfonamides is 1. The van der Waals surface area contributed by atoms with Crippen molar-refractivity contribution in [3.8, 4) is 5.75 Å². The highest BCUT2D eigenvalue weighted by Gasteiger charge is 2.20. The maximum atomic E-state index is 12.3. The van der Waals surface area contributed by atoms with E-state index in [2.05, 4.69) is 4.72 Å². The first-order valence-corrected chi connectivity index (χ1v) is 7.95. The standard InChI is InChI=1S/C14H23NO4S/c1-14(2,3)7-8-15-20(17,18)13-9-11(10-16)5-6-12(13)19-4/h5-6,9,15-16H,7-8,10H2,1-4H3. The molecule has 0 atom stereocenters. The van der Waals surface area contributed by atoms with Crippen LogP contribution in [0.1, 0.15) is 32.8 Å². The summed E-state index contributed by atoms with van der Waals surface area (Å²) >= 11 is 0. The van der Waals surface area contributed by atoms with Crippen LogP contribution in [-0.2, 0) is 16.6 Å². The molecule has 1 aromatic rings. The second-order valence-corrected chi connectivity index (χ2v) is 7.59. The number of aliphatic hydroxyl groups excluding tert-OH is 1. The predicted molar refractivity (Wildman–Crippen MR) is 78.2 cm³/mol. The summed E-state index contributed by atoms with van der Waals surface area (Å²) in [5.41, 5.74) is 0.585. The number of benzene rings is 1. The molecule has 0 aliphatic rings. The number of hydrogen-bond acceptors (Lipinski definition) is 4. The van der Waals surface area contributed by atoms with E-state index in [9.17, 15) is 8.42 Å². The molecule has 0 amide bonds. The molecule has 2 N–H and O–H groups in total. The van der Waals surface area contributed by atoms with Crippen LogP contribution in [0.3, 0.4) is 0 Å². The molecule has 1 rings (SSSR count). The highest BCUT2D eigenvalue weighted by molar-refractivity contribution is 7.89. The van der Waals surface area contributed by atoms with Gasteiger partial charge in [0, 0.05) is 6.54 Å². The first-order chi connectivity index (χ1) is 9.19. The number of hydrogen-bond donors (Lipinski definition) is 2. The monoisotopic (exact) mass is 301 g/mol. The maximum absolute atomic E-state index is 12.3. The van der Waals surface area contributed by atoms with Gasteiger partial charge >= 0.3 is 0 Å². The van der Waals surface area contributed by atoms with E-state index in [0.717, 1.165) is 6.42 Å². The summed E-state index contributed by atoms with van der Waals surface area (Å²) in [7, 11) is -2.23. The van der Waals surface area contributed by atoms with Crippen molar-refractivity contribution in [3.05, 3.63) is 23.8 Å². The molecule has 0 fully saturated rings. The summed E-state index contributed by atoms with van der Waals surface area (Å²) in [6, 6.07) is 4.61. The van der Waals surface area contributed by atoms with Gasteiger partial charge in [-0.05, 0) is 29.5 Å². The fraction of sp³-hybridized carbons (Fsp3) is 0.571. The van der Waals surface area contributed by atoms with Gasteiger partial charge in [-0.3, -0.25) is 0 Å². The Balaban J connectivity index is 2.96. The van der Waals surface area contributed by atoms with Crippen LogP contribution in [0.25, 0.3) is 0 Å². The molecule has 0 aromatic heterocycles. The van der Waals surface area contributed by atoms with Gasteiger partial charge in [-0.1, -0.05) is 26.8 Å². The van der Waals surface area contributed by atoms with E-state index in [4.69, 9.17) is 9.84 Å². The molecule has 0 unspecified atom stereocenters. The number of nitrogens with one attached hydrogen (secondary N) is 1. The number of aliphatic hydroxyl groups is 1. The summed E-state index contributed by atoms with van der Waals surface area (Å²) in [5, 5.41) is 9.12. The van der Waals surface area contributed by atoms with Gasteiger partial charge in [-0.15, -0.1) is 0 Å². The van der Waals surface area contributed by atoms with Gasteiger partial charge in [0.1, 0.15) is 10.6 Å². The van der Waals surface area contributed by atoms with Crippen LogP contribution in [0.4, 0.5) is 0 Å². The van der Waals surface area contributed by atoms with Crippen LogP contribution in [0.15, 0.2) is 23.1 Å². The average molecular weight is 301 g/mol. The minimum atomic E-state index is -3.64. The van der Waals surface area contributed by atoms with Crippen LogP contribution in [0, 0.1) is 5.41 Å². The van der Waals surface area contributed by atoms with Crippen molar-refractivity contribution in [1.82, 2.24) is 4.72 Å². The Morgan fingerprint density at radius 3 is 2.45 bits per heavy atom. The molecule has 0 aliphatic carbocycles. The summed E-state index contributed by atoms with van der Waals surface area (Å²) in [6.07, 6.45) is 0.730. The van der Waals surface area contributed by atoms with Gasteiger partial charge in [-0.25, -0.2) is 13.1 Å². The molecular weight excluding hydrogens is 278 g/mol. The van der Waals surface area contributed by atoms with Crippen molar-refractivity contribution < 1.29 is 18.3 Å². The second kappa shape index (κ2) is 6.56. The van der Waals surface area contributed by atoms with E-state index in [1.54, 1.807) is 12.1 Å². The SMILES string of the molecule is COc1ccc(CO)cc1S(=O)(=O)NCCC(C)(C)C. The largest absolute Gasteiger partial charge is 0.495 e. The fourth-order valence-electron chi connectivity index (χ4n) is 1.67. The first-order valence-electron chi connectivity index (χ1n) is 6.47. The molecule has 6 heteroatoms. The quantitative estimate of drug-likeness (QED) is 0.841. The molecule has 0 heterocycles. The Bertz CT molecular complexity index is 547. The van der Waals surface area contributed by atoms with E-state index >= 15 is 0 Å². The zero-order valence-corrected chi connectivity index (χ0v) is 13.3. The molecule has 0 aliphatic heterocycles. The molecule has 0 radical (unpaired) electrons. The van der Waals surface area contributed by atoms with Gasteiger partial charge in [-0.2, -0.15) is 0 Å². The van der Waals surface area contributed by atoms with E-state index in [-0.39, 0.29) is 22.7 Å². The summed E-state index contributed by atoms with van der Waals surface area (Å²) in [4.78, 5) is 0.0560. The minimum absolute atomic E-state index is 0.0551. The van der Waals surface area contributed by atoms with E-state index in [0.29, 0.717) is 12.1 Å². The van der Waals surface area contributed by atoms with Crippen molar-refractivity contribution in [1.29, 1.82) is 0 Å². The smallest absolute Gasteiger partial charge is 0.244 e. The fourth-order valence-corrected chi connectivity index (χ4v) is 2.92. The Hall–Kier alpha value is -1.11. The lowest BCUT2D eigenvalue weighted by Gasteiger charge is -2.18.